The molecule has 1 N–H and O–H groups in total. The quantitative estimate of drug-likeness (QED) is 0.338. The monoisotopic (exact) mass is 458 g/mol. The molecule has 6 nitrogen and oxygen atoms in total. The Bertz CT molecular complexity index is 1210. The van der Waals surface area contributed by atoms with Crippen molar-refractivity contribution >= 4 is 23.4 Å². The number of rotatable bonds is 9. The number of ether oxygens (including phenoxy) is 1. The van der Waals surface area contributed by atoms with Crippen LogP contribution in [-0.4, -0.2) is 34.4 Å². The van der Waals surface area contributed by atoms with E-state index in [9.17, 15) is 4.79 Å². The van der Waals surface area contributed by atoms with E-state index in [1.54, 1.807) is 18.9 Å². The first-order valence-electron chi connectivity index (χ1n) is 10.7. The summed E-state index contributed by atoms with van der Waals surface area (Å²) in [6.45, 7) is 3.32. The maximum absolute atomic E-state index is 12.5. The Morgan fingerprint density at radius 2 is 1.79 bits per heavy atom. The first-order valence-corrected chi connectivity index (χ1v) is 11.7. The maximum atomic E-state index is 12.5. The molecule has 0 saturated heterocycles. The summed E-state index contributed by atoms with van der Waals surface area (Å²) < 4.78 is 7.40. The van der Waals surface area contributed by atoms with Gasteiger partial charge in [0.2, 0.25) is 0 Å². The van der Waals surface area contributed by atoms with Gasteiger partial charge in [-0.3, -0.25) is 9.36 Å². The molecule has 0 aliphatic rings. The van der Waals surface area contributed by atoms with Gasteiger partial charge in [0.05, 0.1) is 13.2 Å². The molecule has 4 rings (SSSR count). The van der Waals surface area contributed by atoms with E-state index < -0.39 is 0 Å². The molecule has 168 valence electrons. The van der Waals surface area contributed by atoms with E-state index >= 15 is 0 Å². The number of para-hydroxylation sites is 1. The molecule has 33 heavy (non-hydrogen) atoms. The van der Waals surface area contributed by atoms with Gasteiger partial charge in [-0.05, 0) is 42.8 Å². The largest absolute Gasteiger partial charge is 0.383 e. The minimum atomic E-state index is -0.123. The number of thioether (sulfide) groups is 1. The predicted molar refractivity (Wildman–Crippen MR) is 132 cm³/mol. The van der Waals surface area contributed by atoms with Gasteiger partial charge in [-0.25, -0.2) is 0 Å². The molecule has 0 bridgehead atoms. The van der Waals surface area contributed by atoms with Gasteiger partial charge in [0.25, 0.3) is 5.91 Å². The lowest BCUT2D eigenvalue weighted by atomic mass is 10.1. The number of carbonyl (C=O) groups is 1. The van der Waals surface area contributed by atoms with E-state index in [0.717, 1.165) is 33.5 Å². The predicted octanol–water partition coefficient (Wildman–Crippen LogP) is 5.44. The Labute approximate surface area is 198 Å². The second kappa shape index (κ2) is 10.9. The number of hydrogen-bond acceptors (Lipinski definition) is 5. The van der Waals surface area contributed by atoms with Gasteiger partial charge < -0.3 is 10.1 Å². The van der Waals surface area contributed by atoms with Crippen LogP contribution in [0, 0.1) is 6.92 Å². The Morgan fingerprint density at radius 3 is 2.52 bits per heavy atom. The second-order valence-electron chi connectivity index (χ2n) is 7.63. The van der Waals surface area contributed by atoms with Crippen LogP contribution < -0.4 is 5.32 Å². The third-order valence-electron chi connectivity index (χ3n) is 5.13. The second-order valence-corrected chi connectivity index (χ2v) is 8.57. The van der Waals surface area contributed by atoms with Gasteiger partial charge in [0, 0.05) is 29.7 Å². The van der Waals surface area contributed by atoms with Gasteiger partial charge in [-0.2, -0.15) is 0 Å². The summed E-state index contributed by atoms with van der Waals surface area (Å²) in [6, 6.07) is 25.4. The molecule has 4 aromatic rings. The lowest BCUT2D eigenvalue weighted by molar-refractivity contribution is 0.102. The van der Waals surface area contributed by atoms with Crippen molar-refractivity contribution < 1.29 is 9.53 Å². The van der Waals surface area contributed by atoms with Gasteiger partial charge in [0.15, 0.2) is 11.0 Å². The van der Waals surface area contributed by atoms with Crippen molar-refractivity contribution in [1.82, 2.24) is 14.8 Å². The molecule has 1 aromatic heterocycles. The first kappa shape index (κ1) is 22.8. The minimum Gasteiger partial charge on any atom is -0.383 e. The molecule has 0 unspecified atom stereocenters. The minimum absolute atomic E-state index is 0.123. The number of aromatic nitrogens is 3. The van der Waals surface area contributed by atoms with Crippen LogP contribution in [0.2, 0.25) is 0 Å². The van der Waals surface area contributed by atoms with Crippen molar-refractivity contribution in [1.29, 1.82) is 0 Å². The van der Waals surface area contributed by atoms with Crippen molar-refractivity contribution in [2.24, 2.45) is 0 Å². The summed E-state index contributed by atoms with van der Waals surface area (Å²) in [6.07, 6.45) is 0. The molecule has 0 aliphatic heterocycles. The van der Waals surface area contributed by atoms with Crippen LogP contribution in [0.25, 0.3) is 11.4 Å². The topological polar surface area (TPSA) is 69.0 Å². The summed E-state index contributed by atoms with van der Waals surface area (Å²) >= 11 is 1.62. The van der Waals surface area contributed by atoms with Gasteiger partial charge in [0.1, 0.15) is 0 Å². The van der Waals surface area contributed by atoms with Gasteiger partial charge in [-0.1, -0.05) is 65.9 Å². The van der Waals surface area contributed by atoms with Crippen LogP contribution >= 0.6 is 11.8 Å². The van der Waals surface area contributed by atoms with E-state index in [1.807, 2.05) is 66.7 Å². The number of anilines is 1. The number of benzene rings is 3. The molecule has 0 saturated carbocycles. The number of aryl methyl sites for hydroxylation is 1. The summed E-state index contributed by atoms with van der Waals surface area (Å²) in [7, 11) is 1.69. The highest BCUT2D eigenvalue weighted by Crippen LogP contribution is 2.27. The highest BCUT2D eigenvalue weighted by atomic mass is 32.2. The van der Waals surface area contributed by atoms with Crippen LogP contribution in [0.4, 0.5) is 5.69 Å². The Kier molecular flexibility index (Phi) is 7.55. The Hall–Kier alpha value is -3.42. The molecule has 0 radical (unpaired) electrons. The molecular weight excluding hydrogens is 432 g/mol. The third-order valence-corrected chi connectivity index (χ3v) is 6.17. The molecule has 7 heteroatoms. The number of carbonyl (C=O) groups excluding carboxylic acids is 1. The molecule has 0 atom stereocenters. The zero-order valence-corrected chi connectivity index (χ0v) is 19.5. The number of nitrogens with zero attached hydrogens (tertiary/aromatic N) is 3. The van der Waals surface area contributed by atoms with E-state index in [0.29, 0.717) is 18.7 Å². The van der Waals surface area contributed by atoms with E-state index in [2.05, 4.69) is 39.1 Å². The normalized spacial score (nSPS) is 10.8. The number of amides is 1. The van der Waals surface area contributed by atoms with E-state index in [1.165, 1.54) is 5.56 Å². The van der Waals surface area contributed by atoms with E-state index in [4.69, 9.17) is 4.74 Å². The Morgan fingerprint density at radius 1 is 1.00 bits per heavy atom. The number of hydrogen-bond donors (Lipinski definition) is 1. The SMILES string of the molecule is COCCn1c(SCc2ccc(C(=O)Nc3ccccc3)cc2)nnc1-c1cccc(C)c1. The smallest absolute Gasteiger partial charge is 0.255 e. The maximum Gasteiger partial charge on any atom is 0.255 e. The first-order chi connectivity index (χ1) is 16.1. The van der Waals surface area contributed by atoms with Crippen LogP contribution in [0.5, 0.6) is 0 Å². The third kappa shape index (κ3) is 5.88. The lowest BCUT2D eigenvalue weighted by Gasteiger charge is -2.10. The summed E-state index contributed by atoms with van der Waals surface area (Å²) in [5.41, 5.74) is 4.73. The fraction of sp³-hybridized carbons (Fsp3) is 0.192. The van der Waals surface area contributed by atoms with Crippen LogP contribution in [0.15, 0.2) is 84.0 Å². The lowest BCUT2D eigenvalue weighted by Crippen LogP contribution is -2.11. The summed E-state index contributed by atoms with van der Waals surface area (Å²) in [5.74, 6) is 1.44. The number of nitrogens with one attached hydrogen (secondary N) is 1. The summed E-state index contributed by atoms with van der Waals surface area (Å²) in [4.78, 5) is 12.5. The standard InChI is InChI=1S/C26H26N4O2S/c1-19-7-6-8-22(17-19)24-28-29-26(30(24)15-16-32-2)33-18-20-11-13-21(14-12-20)25(31)27-23-9-4-3-5-10-23/h3-14,17H,15-16,18H2,1-2H3,(H,27,31). The molecule has 0 spiro atoms. The zero-order chi connectivity index (χ0) is 23.0. The summed E-state index contributed by atoms with van der Waals surface area (Å²) in [5, 5.41) is 12.6. The highest BCUT2D eigenvalue weighted by Gasteiger charge is 2.15. The van der Waals surface area contributed by atoms with Crippen LogP contribution in [-0.2, 0) is 17.0 Å². The van der Waals surface area contributed by atoms with Crippen molar-refractivity contribution in [3.63, 3.8) is 0 Å². The van der Waals surface area contributed by atoms with Crippen LogP contribution in [0.1, 0.15) is 21.5 Å². The van der Waals surface area contributed by atoms with Crippen molar-refractivity contribution in [2.75, 3.05) is 19.0 Å². The van der Waals surface area contributed by atoms with Crippen molar-refractivity contribution in [3.8, 4) is 11.4 Å². The average Bonchev–Trinajstić information content (AvgIpc) is 3.25. The molecular formula is C26H26N4O2S. The fourth-order valence-electron chi connectivity index (χ4n) is 3.40. The Balaban J connectivity index is 1.44. The molecule has 0 aliphatic carbocycles. The van der Waals surface area contributed by atoms with Crippen LogP contribution in [0.3, 0.4) is 0 Å². The van der Waals surface area contributed by atoms with Gasteiger partial charge in [-0.15, -0.1) is 10.2 Å². The van der Waals surface area contributed by atoms with Crippen molar-refractivity contribution in [3.05, 3.63) is 95.6 Å². The number of methoxy groups -OCH3 is 1. The zero-order valence-electron chi connectivity index (χ0n) is 18.7. The molecule has 1 heterocycles. The van der Waals surface area contributed by atoms with Crippen molar-refractivity contribution in [2.45, 2.75) is 24.4 Å². The fourth-order valence-corrected chi connectivity index (χ4v) is 4.32. The molecule has 0 fully saturated rings. The highest BCUT2D eigenvalue weighted by molar-refractivity contribution is 7.98. The van der Waals surface area contributed by atoms with Gasteiger partial charge >= 0.3 is 0 Å². The average molecular weight is 459 g/mol. The van der Waals surface area contributed by atoms with E-state index in [-0.39, 0.29) is 5.91 Å². The molecule has 3 aromatic carbocycles. The molecule has 1 amide bonds.